The van der Waals surface area contributed by atoms with Gasteiger partial charge in [0.25, 0.3) is 5.91 Å². The van der Waals surface area contributed by atoms with Crippen molar-refractivity contribution >= 4 is 56.2 Å². The van der Waals surface area contributed by atoms with Gasteiger partial charge in [0.05, 0.1) is 10.2 Å². The van der Waals surface area contributed by atoms with Crippen LogP contribution in [-0.2, 0) is 11.4 Å². The molecule has 0 aliphatic heterocycles. The number of benzene rings is 3. The fourth-order valence-electron chi connectivity index (χ4n) is 2.53. The summed E-state index contributed by atoms with van der Waals surface area (Å²) in [5.41, 5.74) is 1.55. The van der Waals surface area contributed by atoms with E-state index >= 15 is 0 Å². The largest absolute Gasteiger partial charge is 0.488 e. The maximum absolute atomic E-state index is 13.7. The standard InChI is InChI=1S/C23H15BrFIN2O2/c24-19-12-16(7-10-22(19)30-14-15-5-8-18(26)9-6-15)11-17(13-27)23(29)28-21-4-2-1-3-20(21)25/h1-12H,14H2,(H,28,29)/b17-11-. The molecule has 0 radical (unpaired) electrons. The summed E-state index contributed by atoms with van der Waals surface area (Å²) in [5.74, 6) is -0.613. The first kappa shape index (κ1) is 22.0. The van der Waals surface area contributed by atoms with Crippen LogP contribution in [0.25, 0.3) is 6.08 Å². The lowest BCUT2D eigenvalue weighted by atomic mass is 10.1. The summed E-state index contributed by atoms with van der Waals surface area (Å²) in [6.45, 7) is 0.416. The summed E-state index contributed by atoms with van der Waals surface area (Å²) >= 11 is 5.70. The highest BCUT2D eigenvalue weighted by atomic mass is 127. The average Bonchev–Trinajstić information content (AvgIpc) is 2.74. The minimum absolute atomic E-state index is 0.0178. The molecule has 4 nitrogen and oxygen atoms in total. The van der Waals surface area contributed by atoms with Gasteiger partial charge in [-0.1, -0.05) is 30.3 Å². The Morgan fingerprint density at radius 1 is 1.17 bits per heavy atom. The Bertz CT molecular complexity index is 1140. The van der Waals surface area contributed by atoms with Gasteiger partial charge >= 0.3 is 0 Å². The predicted molar refractivity (Wildman–Crippen MR) is 126 cm³/mol. The van der Waals surface area contributed by atoms with Crippen LogP contribution in [0.3, 0.4) is 0 Å². The topological polar surface area (TPSA) is 62.1 Å². The molecule has 0 fully saturated rings. The van der Waals surface area contributed by atoms with E-state index in [1.165, 1.54) is 24.3 Å². The molecule has 150 valence electrons. The van der Waals surface area contributed by atoms with Crippen LogP contribution in [0.5, 0.6) is 5.75 Å². The van der Waals surface area contributed by atoms with E-state index in [1.807, 2.05) is 30.3 Å². The third-order valence-electron chi connectivity index (χ3n) is 4.06. The van der Waals surface area contributed by atoms with E-state index in [1.54, 1.807) is 24.3 Å². The Balaban J connectivity index is 1.71. The van der Waals surface area contributed by atoms with Crippen LogP contribution in [0.2, 0.25) is 0 Å². The second-order valence-electron chi connectivity index (χ2n) is 6.21. The molecule has 7 heteroatoms. The second-order valence-corrected chi connectivity index (χ2v) is 8.31. The van der Waals surface area contributed by atoms with Crippen LogP contribution >= 0.6 is 38.5 Å². The molecule has 30 heavy (non-hydrogen) atoms. The van der Waals surface area contributed by atoms with Gasteiger partial charge in [-0.3, -0.25) is 4.79 Å². The van der Waals surface area contributed by atoms with Crippen LogP contribution in [0.15, 0.2) is 76.8 Å². The number of nitriles is 1. The minimum Gasteiger partial charge on any atom is -0.488 e. The summed E-state index contributed by atoms with van der Waals surface area (Å²) in [4.78, 5) is 12.3. The number of hydrogen-bond donors (Lipinski definition) is 1. The van der Waals surface area contributed by atoms with Crippen LogP contribution in [0.1, 0.15) is 11.1 Å². The van der Waals surface area contributed by atoms with Crippen molar-refractivity contribution in [3.8, 4) is 11.8 Å². The van der Waals surface area contributed by atoms with E-state index in [9.17, 15) is 14.4 Å². The molecule has 0 spiro atoms. The number of anilines is 1. The number of ether oxygens (including phenoxy) is 1. The molecule has 0 atom stereocenters. The van der Waals surface area contributed by atoms with Crippen molar-refractivity contribution < 1.29 is 13.9 Å². The summed E-state index contributed by atoms with van der Waals surface area (Å²) in [6, 6.07) is 20.9. The van der Waals surface area contributed by atoms with Crippen LogP contribution in [-0.4, -0.2) is 5.91 Å². The van der Waals surface area contributed by atoms with Crippen molar-refractivity contribution in [2.45, 2.75) is 6.61 Å². The van der Waals surface area contributed by atoms with Gasteiger partial charge in [0.15, 0.2) is 0 Å². The quantitative estimate of drug-likeness (QED) is 0.212. The van der Waals surface area contributed by atoms with Gasteiger partial charge in [0.1, 0.15) is 29.8 Å². The second kappa shape index (κ2) is 10.4. The highest BCUT2D eigenvalue weighted by Crippen LogP contribution is 2.28. The van der Waals surface area contributed by atoms with E-state index in [0.29, 0.717) is 22.4 Å². The molecule has 3 aromatic carbocycles. The molecule has 0 aromatic heterocycles. The van der Waals surface area contributed by atoms with Crippen molar-refractivity contribution in [2.24, 2.45) is 0 Å². The van der Waals surface area contributed by atoms with E-state index < -0.39 is 11.7 Å². The molecule has 1 amide bonds. The van der Waals surface area contributed by atoms with Crippen molar-refractivity contribution in [3.05, 3.63) is 97.3 Å². The molecule has 0 aliphatic carbocycles. The molecular weight excluding hydrogens is 562 g/mol. The summed E-state index contributed by atoms with van der Waals surface area (Å²) in [7, 11) is 0. The Labute approximate surface area is 195 Å². The molecular formula is C23H15BrFIN2O2. The van der Waals surface area contributed by atoms with Gasteiger partial charge < -0.3 is 10.1 Å². The number of halogens is 3. The lowest BCUT2D eigenvalue weighted by Gasteiger charge is -2.09. The fourth-order valence-corrected chi connectivity index (χ4v) is 3.40. The summed E-state index contributed by atoms with van der Waals surface area (Å²) < 4.78 is 21.4. The third-order valence-corrected chi connectivity index (χ3v) is 5.40. The Hall–Kier alpha value is -2.70. The molecule has 0 bridgehead atoms. The smallest absolute Gasteiger partial charge is 0.266 e. The monoisotopic (exact) mass is 576 g/mol. The number of amides is 1. The van der Waals surface area contributed by atoms with Gasteiger partial charge in [0.2, 0.25) is 0 Å². The first-order valence-corrected chi connectivity index (χ1v) is 10.7. The van der Waals surface area contributed by atoms with E-state index in [4.69, 9.17) is 4.74 Å². The highest BCUT2D eigenvalue weighted by Gasteiger charge is 2.12. The van der Waals surface area contributed by atoms with Crippen molar-refractivity contribution in [1.29, 1.82) is 5.26 Å². The Morgan fingerprint density at radius 3 is 2.57 bits per heavy atom. The van der Waals surface area contributed by atoms with Gasteiger partial charge in [-0.25, -0.2) is 4.39 Å². The molecule has 0 heterocycles. The van der Waals surface area contributed by atoms with Gasteiger partial charge in [-0.2, -0.15) is 5.26 Å². The lowest BCUT2D eigenvalue weighted by molar-refractivity contribution is -0.112. The molecule has 0 saturated heterocycles. The van der Waals surface area contributed by atoms with E-state index in [-0.39, 0.29) is 11.3 Å². The zero-order valence-corrected chi connectivity index (χ0v) is 19.3. The van der Waals surface area contributed by atoms with Crippen molar-refractivity contribution in [1.82, 2.24) is 0 Å². The van der Waals surface area contributed by atoms with Crippen LogP contribution in [0.4, 0.5) is 10.1 Å². The van der Waals surface area contributed by atoms with E-state index in [2.05, 4.69) is 43.8 Å². The highest BCUT2D eigenvalue weighted by molar-refractivity contribution is 14.1. The number of rotatable bonds is 6. The molecule has 0 saturated carbocycles. The van der Waals surface area contributed by atoms with Gasteiger partial charge in [-0.15, -0.1) is 0 Å². The fraction of sp³-hybridized carbons (Fsp3) is 0.0435. The summed E-state index contributed by atoms with van der Waals surface area (Å²) in [6.07, 6.45) is 1.43. The van der Waals surface area contributed by atoms with Crippen molar-refractivity contribution in [2.75, 3.05) is 5.32 Å². The number of hydrogen-bond acceptors (Lipinski definition) is 3. The predicted octanol–water partition coefficient (Wildman–Crippen LogP) is 6.32. The zero-order chi connectivity index (χ0) is 21.5. The SMILES string of the molecule is N#C/C(=C/c1ccc(OCc2ccc(I)cc2)c(Br)c1)C(=O)Nc1ccccc1F. The number of nitrogens with one attached hydrogen (secondary N) is 1. The average molecular weight is 577 g/mol. The number of para-hydroxylation sites is 1. The Kier molecular flexibility index (Phi) is 7.60. The lowest BCUT2D eigenvalue weighted by Crippen LogP contribution is -2.14. The molecule has 3 aromatic rings. The van der Waals surface area contributed by atoms with E-state index in [0.717, 1.165) is 9.13 Å². The third kappa shape index (κ3) is 5.90. The maximum Gasteiger partial charge on any atom is 0.266 e. The first-order valence-electron chi connectivity index (χ1n) is 8.81. The van der Waals surface area contributed by atoms with Gasteiger partial charge in [0, 0.05) is 3.57 Å². The number of carbonyl (C=O) groups is 1. The number of carbonyl (C=O) groups excluding carboxylic acids is 1. The summed E-state index contributed by atoms with van der Waals surface area (Å²) in [5, 5.41) is 11.8. The van der Waals surface area contributed by atoms with Gasteiger partial charge in [-0.05, 0) is 92.1 Å². The number of nitrogens with zero attached hydrogens (tertiary/aromatic N) is 1. The zero-order valence-electron chi connectivity index (χ0n) is 15.5. The van der Waals surface area contributed by atoms with Crippen molar-refractivity contribution in [3.63, 3.8) is 0 Å². The minimum atomic E-state index is -0.683. The molecule has 3 rings (SSSR count). The van der Waals surface area contributed by atoms with Crippen LogP contribution < -0.4 is 10.1 Å². The molecule has 0 aliphatic rings. The van der Waals surface area contributed by atoms with Crippen LogP contribution in [0, 0.1) is 20.7 Å². The maximum atomic E-state index is 13.7. The normalized spacial score (nSPS) is 10.9. The Morgan fingerprint density at radius 2 is 1.90 bits per heavy atom. The molecule has 1 N–H and O–H groups in total. The molecule has 0 unspecified atom stereocenters. The first-order chi connectivity index (χ1) is 14.5.